The average Bonchev–Trinajstić information content (AvgIpc) is 3.02. The topological polar surface area (TPSA) is 46.1 Å². The van der Waals surface area contributed by atoms with Crippen LogP contribution >= 0.6 is 22.7 Å². The summed E-state index contributed by atoms with van der Waals surface area (Å²) in [5.41, 5.74) is 3.54. The van der Waals surface area contributed by atoms with E-state index in [9.17, 15) is 4.79 Å². The van der Waals surface area contributed by atoms with Gasteiger partial charge in [-0.1, -0.05) is 13.8 Å². The molecule has 0 aliphatic carbocycles. The fraction of sp³-hybridized carbons (Fsp3) is 0.533. The molecular weight excluding hydrogens is 302 g/mol. The first-order chi connectivity index (χ1) is 9.82. The van der Waals surface area contributed by atoms with Gasteiger partial charge in [0.1, 0.15) is 4.88 Å². The molecule has 1 atom stereocenters. The molecule has 0 aliphatic rings. The first-order valence-electron chi connectivity index (χ1n) is 6.97. The van der Waals surface area contributed by atoms with Crippen LogP contribution in [0.1, 0.15) is 63.7 Å². The second-order valence-corrected chi connectivity index (χ2v) is 7.43. The molecular formula is C15H21N3OS2. The van der Waals surface area contributed by atoms with Crippen molar-refractivity contribution in [1.29, 1.82) is 0 Å². The molecule has 0 aromatic carbocycles. The van der Waals surface area contributed by atoms with Gasteiger partial charge in [0, 0.05) is 17.8 Å². The normalized spacial score (nSPS) is 12.7. The van der Waals surface area contributed by atoms with E-state index in [1.54, 1.807) is 21.7 Å². The fourth-order valence-corrected chi connectivity index (χ4v) is 4.03. The molecule has 0 N–H and O–H groups in total. The number of rotatable bonds is 4. The summed E-state index contributed by atoms with van der Waals surface area (Å²) in [6.45, 7) is 10.2. The summed E-state index contributed by atoms with van der Waals surface area (Å²) < 4.78 is 0. The van der Waals surface area contributed by atoms with Crippen molar-refractivity contribution in [3.05, 3.63) is 31.7 Å². The molecule has 0 saturated heterocycles. The number of aryl methyl sites for hydroxylation is 2. The number of amides is 1. The second kappa shape index (κ2) is 6.23. The molecule has 1 unspecified atom stereocenters. The van der Waals surface area contributed by atoms with Gasteiger partial charge in [-0.25, -0.2) is 9.97 Å². The molecule has 2 aromatic heterocycles. The predicted molar refractivity (Wildman–Crippen MR) is 88.3 cm³/mol. The molecule has 0 bridgehead atoms. The van der Waals surface area contributed by atoms with E-state index >= 15 is 0 Å². The van der Waals surface area contributed by atoms with Crippen molar-refractivity contribution in [2.45, 2.75) is 46.6 Å². The Bertz CT molecular complexity index is 645. The van der Waals surface area contributed by atoms with Crippen LogP contribution in [0.5, 0.6) is 0 Å². The van der Waals surface area contributed by atoms with E-state index in [-0.39, 0.29) is 11.9 Å². The highest BCUT2D eigenvalue weighted by Crippen LogP contribution is 2.32. The summed E-state index contributed by atoms with van der Waals surface area (Å²) in [5, 5.41) is 1.13. The van der Waals surface area contributed by atoms with Gasteiger partial charge < -0.3 is 4.90 Å². The van der Waals surface area contributed by atoms with Gasteiger partial charge in [0.15, 0.2) is 0 Å². The van der Waals surface area contributed by atoms with Crippen molar-refractivity contribution in [3.8, 4) is 0 Å². The lowest BCUT2D eigenvalue weighted by molar-refractivity contribution is 0.0748. The van der Waals surface area contributed by atoms with Gasteiger partial charge in [0.25, 0.3) is 5.91 Å². The first-order valence-corrected chi connectivity index (χ1v) is 8.67. The molecule has 2 heterocycles. The van der Waals surface area contributed by atoms with E-state index < -0.39 is 0 Å². The molecule has 0 spiro atoms. The zero-order valence-corrected chi connectivity index (χ0v) is 14.9. The second-order valence-electron chi connectivity index (χ2n) is 5.52. The lowest BCUT2D eigenvalue weighted by atomic mass is 10.2. The minimum Gasteiger partial charge on any atom is -0.333 e. The largest absolute Gasteiger partial charge is 0.333 e. The summed E-state index contributed by atoms with van der Waals surface area (Å²) in [5.74, 6) is 0.445. The Morgan fingerprint density at radius 2 is 1.90 bits per heavy atom. The Labute approximate surface area is 133 Å². The average molecular weight is 323 g/mol. The Kier molecular flexibility index (Phi) is 4.78. The Balaban J connectivity index is 2.25. The van der Waals surface area contributed by atoms with Crippen LogP contribution in [0, 0.1) is 13.8 Å². The van der Waals surface area contributed by atoms with E-state index in [1.807, 2.05) is 20.9 Å². The monoisotopic (exact) mass is 323 g/mol. The SMILES string of the molecule is Cc1ncsc1C(=O)N(C)C(C)c1sc(C(C)C)nc1C. The molecule has 1 amide bonds. The van der Waals surface area contributed by atoms with Crippen LogP contribution in [0.3, 0.4) is 0 Å². The Morgan fingerprint density at radius 1 is 1.24 bits per heavy atom. The first kappa shape index (κ1) is 16.1. The predicted octanol–water partition coefficient (Wildman–Crippen LogP) is 4.17. The molecule has 4 nitrogen and oxygen atoms in total. The van der Waals surface area contributed by atoms with Crippen molar-refractivity contribution < 1.29 is 4.79 Å². The standard InChI is InChI=1S/C15H21N3OS2/c1-8(2)14-17-10(4)12(21-14)11(5)18(6)15(19)13-9(3)16-7-20-13/h7-8,11H,1-6H3. The number of aromatic nitrogens is 2. The van der Waals surface area contributed by atoms with Crippen LogP contribution in [0.15, 0.2) is 5.51 Å². The van der Waals surface area contributed by atoms with E-state index in [0.717, 1.165) is 26.1 Å². The summed E-state index contributed by atoms with van der Waals surface area (Å²) in [6.07, 6.45) is 0. The van der Waals surface area contributed by atoms with Gasteiger partial charge in [-0.3, -0.25) is 4.79 Å². The maximum absolute atomic E-state index is 12.6. The van der Waals surface area contributed by atoms with Gasteiger partial charge in [0.2, 0.25) is 0 Å². The van der Waals surface area contributed by atoms with Gasteiger partial charge in [-0.05, 0) is 20.8 Å². The fourth-order valence-electron chi connectivity index (χ4n) is 2.08. The Morgan fingerprint density at radius 3 is 2.38 bits per heavy atom. The van der Waals surface area contributed by atoms with E-state index in [4.69, 9.17) is 0 Å². The van der Waals surface area contributed by atoms with Crippen LogP contribution in [0.25, 0.3) is 0 Å². The minimum absolute atomic E-state index is 0.0176. The van der Waals surface area contributed by atoms with Crippen LogP contribution in [-0.4, -0.2) is 27.8 Å². The zero-order chi connectivity index (χ0) is 15.7. The molecule has 6 heteroatoms. The smallest absolute Gasteiger partial charge is 0.266 e. The van der Waals surface area contributed by atoms with Crippen molar-refractivity contribution >= 4 is 28.6 Å². The molecule has 2 aromatic rings. The lowest BCUT2D eigenvalue weighted by Gasteiger charge is -2.24. The highest BCUT2D eigenvalue weighted by atomic mass is 32.1. The summed E-state index contributed by atoms with van der Waals surface area (Å²) in [4.78, 5) is 25.0. The highest BCUT2D eigenvalue weighted by molar-refractivity contribution is 7.12. The van der Waals surface area contributed by atoms with Crippen molar-refractivity contribution in [1.82, 2.24) is 14.9 Å². The van der Waals surface area contributed by atoms with Crippen molar-refractivity contribution in [2.75, 3.05) is 7.05 Å². The maximum atomic E-state index is 12.6. The molecule has 0 radical (unpaired) electrons. The molecule has 0 saturated carbocycles. The van der Waals surface area contributed by atoms with E-state index in [0.29, 0.717) is 5.92 Å². The molecule has 2 rings (SSSR count). The third-order valence-corrected chi connectivity index (χ3v) is 6.11. The molecule has 0 fully saturated rings. The summed E-state index contributed by atoms with van der Waals surface area (Å²) in [7, 11) is 1.85. The lowest BCUT2D eigenvalue weighted by Crippen LogP contribution is -2.29. The van der Waals surface area contributed by atoms with Gasteiger partial charge in [0.05, 0.1) is 27.9 Å². The van der Waals surface area contributed by atoms with Gasteiger partial charge >= 0.3 is 0 Å². The number of hydrogen-bond donors (Lipinski definition) is 0. The van der Waals surface area contributed by atoms with Crippen molar-refractivity contribution in [2.24, 2.45) is 0 Å². The zero-order valence-electron chi connectivity index (χ0n) is 13.3. The maximum Gasteiger partial charge on any atom is 0.266 e. The van der Waals surface area contributed by atoms with Crippen molar-refractivity contribution in [3.63, 3.8) is 0 Å². The van der Waals surface area contributed by atoms with Crippen LogP contribution in [0.4, 0.5) is 0 Å². The van der Waals surface area contributed by atoms with Gasteiger partial charge in [-0.2, -0.15) is 0 Å². The highest BCUT2D eigenvalue weighted by Gasteiger charge is 2.25. The van der Waals surface area contributed by atoms with Gasteiger partial charge in [-0.15, -0.1) is 22.7 Å². The van der Waals surface area contributed by atoms with E-state index in [2.05, 4.69) is 30.7 Å². The number of hydrogen-bond acceptors (Lipinski definition) is 5. The summed E-state index contributed by atoms with van der Waals surface area (Å²) in [6, 6.07) is 0.0176. The summed E-state index contributed by atoms with van der Waals surface area (Å²) >= 11 is 3.10. The van der Waals surface area contributed by atoms with Crippen LogP contribution in [0.2, 0.25) is 0 Å². The third-order valence-electron chi connectivity index (χ3n) is 3.56. The molecule has 21 heavy (non-hydrogen) atoms. The third kappa shape index (κ3) is 3.16. The molecule has 114 valence electrons. The Hall–Kier alpha value is -1.27. The number of carbonyl (C=O) groups excluding carboxylic acids is 1. The quantitative estimate of drug-likeness (QED) is 0.848. The van der Waals surface area contributed by atoms with Crippen LogP contribution in [-0.2, 0) is 0 Å². The number of thiazole rings is 2. The molecule has 0 aliphatic heterocycles. The number of carbonyl (C=O) groups is 1. The van der Waals surface area contributed by atoms with Crippen LogP contribution < -0.4 is 0 Å². The minimum atomic E-state index is 0.0176. The van der Waals surface area contributed by atoms with E-state index in [1.165, 1.54) is 11.3 Å². The number of nitrogens with zero attached hydrogens (tertiary/aromatic N) is 3.